The van der Waals surface area contributed by atoms with Crippen LogP contribution in [-0.2, 0) is 19.5 Å². The molecule has 1 saturated heterocycles. The van der Waals surface area contributed by atoms with Crippen LogP contribution >= 0.6 is 35.3 Å². The molecule has 1 aliphatic heterocycles. The quantitative estimate of drug-likeness (QED) is 0.320. The largest absolute Gasteiger partial charge is 0.356 e. The van der Waals surface area contributed by atoms with Crippen molar-refractivity contribution in [1.82, 2.24) is 25.4 Å². The van der Waals surface area contributed by atoms with Gasteiger partial charge in [0.1, 0.15) is 0 Å². The van der Waals surface area contributed by atoms with Gasteiger partial charge in [0.05, 0.1) is 5.01 Å². The van der Waals surface area contributed by atoms with E-state index < -0.39 is 0 Å². The highest BCUT2D eigenvalue weighted by Gasteiger charge is 2.12. The highest BCUT2D eigenvalue weighted by molar-refractivity contribution is 14.0. The summed E-state index contributed by atoms with van der Waals surface area (Å²) in [6, 6.07) is 8.95. The number of halogens is 1. The van der Waals surface area contributed by atoms with Crippen LogP contribution in [0.5, 0.6) is 0 Å². The van der Waals surface area contributed by atoms with Crippen LogP contribution in [0.3, 0.4) is 0 Å². The van der Waals surface area contributed by atoms with E-state index in [2.05, 4.69) is 68.6 Å². The standard InChI is InChI=1S/C22H34N6S.HI/c1-18-15-25-21(29-18)9-10-24-22(23-2)26-16-19-5-7-20(8-6-19)17-28-12-4-11-27(3)13-14-28;/h5-8,15H,4,9-14,16-17H2,1-3H3,(H2,23,24,26);1H. The number of nitrogens with zero attached hydrogens (tertiary/aromatic N) is 4. The zero-order valence-corrected chi connectivity index (χ0v) is 21.5. The van der Waals surface area contributed by atoms with Gasteiger partial charge in [-0.15, -0.1) is 35.3 Å². The number of nitrogens with one attached hydrogen (secondary N) is 2. The predicted octanol–water partition coefficient (Wildman–Crippen LogP) is 3.11. The Bertz CT molecular complexity index is 776. The molecule has 1 aromatic heterocycles. The zero-order valence-electron chi connectivity index (χ0n) is 18.4. The average molecular weight is 543 g/mol. The van der Waals surface area contributed by atoms with E-state index in [4.69, 9.17) is 0 Å². The van der Waals surface area contributed by atoms with Crippen LogP contribution in [0.15, 0.2) is 35.5 Å². The zero-order chi connectivity index (χ0) is 20.5. The van der Waals surface area contributed by atoms with Crippen LogP contribution in [0.1, 0.15) is 27.4 Å². The molecule has 30 heavy (non-hydrogen) atoms. The molecule has 2 heterocycles. The van der Waals surface area contributed by atoms with E-state index in [-0.39, 0.29) is 24.0 Å². The molecule has 0 aliphatic carbocycles. The predicted molar refractivity (Wildman–Crippen MR) is 138 cm³/mol. The second kappa shape index (κ2) is 13.2. The fourth-order valence-electron chi connectivity index (χ4n) is 3.49. The van der Waals surface area contributed by atoms with Crippen molar-refractivity contribution in [3.8, 4) is 0 Å². The first-order valence-electron chi connectivity index (χ1n) is 10.5. The van der Waals surface area contributed by atoms with Gasteiger partial charge in [-0.25, -0.2) is 4.98 Å². The molecular formula is C22H35IN6S. The Morgan fingerprint density at radius 3 is 2.57 bits per heavy atom. The molecule has 1 aliphatic rings. The maximum Gasteiger partial charge on any atom is 0.191 e. The summed E-state index contributed by atoms with van der Waals surface area (Å²) in [7, 11) is 4.03. The Morgan fingerprint density at radius 1 is 1.10 bits per heavy atom. The molecule has 8 heteroatoms. The van der Waals surface area contributed by atoms with E-state index in [1.54, 1.807) is 11.3 Å². The summed E-state index contributed by atoms with van der Waals surface area (Å²) >= 11 is 1.75. The van der Waals surface area contributed by atoms with Gasteiger partial charge in [-0.2, -0.15) is 0 Å². The summed E-state index contributed by atoms with van der Waals surface area (Å²) in [6.07, 6.45) is 4.11. The number of thiazole rings is 1. The number of benzene rings is 1. The summed E-state index contributed by atoms with van der Waals surface area (Å²) in [4.78, 5) is 15.0. The monoisotopic (exact) mass is 542 g/mol. The molecule has 0 spiro atoms. The van der Waals surface area contributed by atoms with E-state index in [1.807, 2.05) is 13.2 Å². The maximum absolute atomic E-state index is 4.40. The third-order valence-corrected chi connectivity index (χ3v) is 6.20. The number of aryl methyl sites for hydroxylation is 1. The van der Waals surface area contributed by atoms with Crippen LogP contribution in [0, 0.1) is 6.92 Å². The lowest BCUT2D eigenvalue weighted by Gasteiger charge is -2.20. The number of rotatable bonds is 7. The Kier molecular flexibility index (Phi) is 11.0. The average Bonchev–Trinajstić information content (AvgIpc) is 3.03. The first-order chi connectivity index (χ1) is 14.1. The molecule has 1 fully saturated rings. The molecule has 6 nitrogen and oxygen atoms in total. The fourth-order valence-corrected chi connectivity index (χ4v) is 4.28. The Balaban J connectivity index is 0.00000320. The fraction of sp³-hybridized carbons (Fsp3) is 0.545. The Morgan fingerprint density at radius 2 is 1.87 bits per heavy atom. The molecular weight excluding hydrogens is 507 g/mol. The molecule has 1 aromatic carbocycles. The van der Waals surface area contributed by atoms with Gasteiger partial charge in [0.25, 0.3) is 0 Å². The van der Waals surface area contributed by atoms with E-state index in [1.165, 1.54) is 35.5 Å². The third-order valence-electron chi connectivity index (χ3n) is 5.23. The van der Waals surface area contributed by atoms with Gasteiger partial charge in [0.15, 0.2) is 5.96 Å². The molecule has 0 unspecified atom stereocenters. The lowest BCUT2D eigenvalue weighted by Crippen LogP contribution is -2.37. The van der Waals surface area contributed by atoms with Crippen LogP contribution in [0.2, 0.25) is 0 Å². The molecule has 0 saturated carbocycles. The van der Waals surface area contributed by atoms with Gasteiger partial charge in [0.2, 0.25) is 0 Å². The second-order valence-electron chi connectivity index (χ2n) is 7.72. The minimum absolute atomic E-state index is 0. The van der Waals surface area contributed by atoms with E-state index >= 15 is 0 Å². The maximum atomic E-state index is 4.40. The van der Waals surface area contributed by atoms with Gasteiger partial charge in [-0.05, 0) is 44.6 Å². The van der Waals surface area contributed by atoms with Crippen molar-refractivity contribution >= 4 is 41.3 Å². The molecule has 0 radical (unpaired) electrons. The highest BCUT2D eigenvalue weighted by atomic mass is 127. The molecule has 0 bridgehead atoms. The molecule has 2 aromatic rings. The SMILES string of the molecule is CN=C(NCCc1ncc(C)s1)NCc1ccc(CN2CCCN(C)CC2)cc1.I. The van der Waals surface area contributed by atoms with Crippen molar-refractivity contribution in [2.75, 3.05) is 46.8 Å². The van der Waals surface area contributed by atoms with Crippen LogP contribution in [0.25, 0.3) is 0 Å². The van der Waals surface area contributed by atoms with Gasteiger partial charge >= 0.3 is 0 Å². The number of aliphatic imine (C=N–C) groups is 1. The lowest BCUT2D eigenvalue weighted by molar-refractivity contribution is 0.269. The molecule has 2 N–H and O–H groups in total. The number of hydrogen-bond donors (Lipinski definition) is 2. The van der Waals surface area contributed by atoms with Gasteiger partial charge in [-0.1, -0.05) is 24.3 Å². The summed E-state index contributed by atoms with van der Waals surface area (Å²) in [6.45, 7) is 9.45. The van der Waals surface area contributed by atoms with Crippen molar-refractivity contribution in [3.63, 3.8) is 0 Å². The first-order valence-corrected chi connectivity index (χ1v) is 11.3. The van der Waals surface area contributed by atoms with Crippen molar-refractivity contribution in [1.29, 1.82) is 0 Å². The van der Waals surface area contributed by atoms with E-state index in [9.17, 15) is 0 Å². The molecule has 0 amide bonds. The normalized spacial score (nSPS) is 16.0. The lowest BCUT2D eigenvalue weighted by atomic mass is 10.1. The van der Waals surface area contributed by atoms with Gasteiger partial charge < -0.3 is 15.5 Å². The van der Waals surface area contributed by atoms with Crippen molar-refractivity contribution in [2.45, 2.75) is 32.9 Å². The van der Waals surface area contributed by atoms with Crippen molar-refractivity contribution < 1.29 is 0 Å². The number of likely N-dealkylation sites (N-methyl/N-ethyl adjacent to an activating group) is 1. The smallest absolute Gasteiger partial charge is 0.191 e. The van der Waals surface area contributed by atoms with Gasteiger partial charge in [0, 0.05) is 57.3 Å². The van der Waals surface area contributed by atoms with E-state index in [0.29, 0.717) is 0 Å². The number of hydrogen-bond acceptors (Lipinski definition) is 5. The van der Waals surface area contributed by atoms with Crippen LogP contribution in [-0.4, -0.2) is 67.6 Å². The molecule has 166 valence electrons. The topological polar surface area (TPSA) is 55.8 Å². The summed E-state index contributed by atoms with van der Waals surface area (Å²) < 4.78 is 0. The van der Waals surface area contributed by atoms with Crippen molar-refractivity contribution in [3.05, 3.63) is 51.5 Å². The summed E-state index contributed by atoms with van der Waals surface area (Å²) in [5, 5.41) is 7.93. The second-order valence-corrected chi connectivity index (χ2v) is 9.04. The van der Waals surface area contributed by atoms with Crippen molar-refractivity contribution in [2.24, 2.45) is 4.99 Å². The summed E-state index contributed by atoms with van der Waals surface area (Å²) in [5.74, 6) is 0.830. The van der Waals surface area contributed by atoms with Crippen LogP contribution in [0.4, 0.5) is 0 Å². The first kappa shape index (κ1) is 25.0. The third kappa shape index (κ3) is 8.49. The number of guanidine groups is 1. The molecule has 3 rings (SSSR count). The minimum atomic E-state index is 0. The summed E-state index contributed by atoms with van der Waals surface area (Å²) in [5.41, 5.74) is 2.65. The van der Waals surface area contributed by atoms with Crippen LogP contribution < -0.4 is 10.6 Å². The number of aromatic nitrogens is 1. The Labute approximate surface area is 202 Å². The highest BCUT2D eigenvalue weighted by Crippen LogP contribution is 2.11. The van der Waals surface area contributed by atoms with E-state index in [0.717, 1.165) is 50.1 Å². The Hall–Kier alpha value is -1.23. The molecule has 0 atom stereocenters. The minimum Gasteiger partial charge on any atom is -0.356 e. The van der Waals surface area contributed by atoms with Gasteiger partial charge in [-0.3, -0.25) is 9.89 Å².